The number of hydrogen-bond acceptors (Lipinski definition) is 6. The highest BCUT2D eigenvalue weighted by atomic mass is 16.6. The van der Waals surface area contributed by atoms with Gasteiger partial charge in [0.1, 0.15) is 13.2 Å². The molecule has 0 aromatic rings. The first-order valence-corrected chi connectivity index (χ1v) is 26.1. The highest BCUT2D eigenvalue weighted by Gasteiger charge is 2.19. The molecule has 0 fully saturated rings. The van der Waals surface area contributed by atoms with Crippen LogP contribution < -0.4 is 0 Å². The lowest BCUT2D eigenvalue weighted by Crippen LogP contribution is -2.30. The molecule has 0 aromatic carbocycles. The maximum absolute atomic E-state index is 12.8. The molecule has 360 valence electrons. The molecule has 1 unspecified atom stereocenters. The minimum atomic E-state index is -0.810. The van der Waals surface area contributed by atoms with Crippen molar-refractivity contribution in [2.24, 2.45) is 0 Å². The largest absolute Gasteiger partial charge is 0.462 e. The highest BCUT2D eigenvalue weighted by molar-refractivity contribution is 5.71. The highest BCUT2D eigenvalue weighted by Crippen LogP contribution is 2.15. The van der Waals surface area contributed by atoms with Crippen molar-refractivity contribution in [2.45, 2.75) is 245 Å². The Morgan fingerprint density at radius 1 is 0.349 bits per heavy atom. The molecule has 0 aromatic heterocycles. The maximum Gasteiger partial charge on any atom is 0.306 e. The fourth-order valence-electron chi connectivity index (χ4n) is 7.01. The van der Waals surface area contributed by atoms with Gasteiger partial charge >= 0.3 is 17.9 Å². The molecule has 0 bridgehead atoms. The van der Waals surface area contributed by atoms with Gasteiger partial charge in [-0.3, -0.25) is 14.4 Å². The number of esters is 3. The van der Waals surface area contributed by atoms with Gasteiger partial charge in [-0.25, -0.2) is 0 Å². The van der Waals surface area contributed by atoms with Crippen molar-refractivity contribution in [3.05, 3.63) is 85.1 Å². The van der Waals surface area contributed by atoms with Gasteiger partial charge < -0.3 is 14.2 Å². The number of unbranched alkanes of at least 4 members (excludes halogenated alkanes) is 22. The van der Waals surface area contributed by atoms with Gasteiger partial charge in [-0.05, 0) is 77.0 Å². The van der Waals surface area contributed by atoms with E-state index in [-0.39, 0.29) is 37.5 Å². The Kier molecular flexibility index (Phi) is 48.5. The van der Waals surface area contributed by atoms with Gasteiger partial charge in [-0.1, -0.05) is 228 Å². The number of rotatable bonds is 46. The van der Waals surface area contributed by atoms with Crippen LogP contribution in [-0.4, -0.2) is 37.2 Å². The van der Waals surface area contributed by atoms with Gasteiger partial charge in [0.2, 0.25) is 0 Å². The van der Waals surface area contributed by atoms with Gasteiger partial charge in [0.15, 0.2) is 6.10 Å². The van der Waals surface area contributed by atoms with Crippen LogP contribution >= 0.6 is 0 Å². The summed E-state index contributed by atoms with van der Waals surface area (Å²) in [5.41, 5.74) is 0. The first kappa shape index (κ1) is 59.6. The summed E-state index contributed by atoms with van der Waals surface area (Å²) in [6.07, 6.45) is 65.7. The molecule has 6 heteroatoms. The van der Waals surface area contributed by atoms with Crippen LogP contribution in [0.15, 0.2) is 85.1 Å². The average molecular weight is 877 g/mol. The molecule has 0 spiro atoms. The lowest BCUT2D eigenvalue weighted by molar-refractivity contribution is -0.166. The van der Waals surface area contributed by atoms with E-state index in [0.717, 1.165) is 83.5 Å². The second-order valence-electron chi connectivity index (χ2n) is 17.1. The molecule has 0 saturated heterocycles. The van der Waals surface area contributed by atoms with Crippen LogP contribution in [0, 0.1) is 0 Å². The number of ether oxygens (including phenoxy) is 3. The molecule has 0 rings (SSSR count). The van der Waals surface area contributed by atoms with Gasteiger partial charge in [0.25, 0.3) is 0 Å². The van der Waals surface area contributed by atoms with Gasteiger partial charge in [-0.2, -0.15) is 0 Å². The molecule has 63 heavy (non-hydrogen) atoms. The Morgan fingerprint density at radius 3 is 1.16 bits per heavy atom. The Morgan fingerprint density at radius 2 is 0.698 bits per heavy atom. The fraction of sp³-hybridized carbons (Fsp3) is 0.702. The third kappa shape index (κ3) is 49.5. The Labute approximate surface area is 388 Å². The van der Waals surface area contributed by atoms with Crippen LogP contribution in [0.4, 0.5) is 0 Å². The van der Waals surface area contributed by atoms with Crippen LogP contribution in [0.2, 0.25) is 0 Å². The predicted molar refractivity (Wildman–Crippen MR) is 270 cm³/mol. The topological polar surface area (TPSA) is 78.9 Å². The smallest absolute Gasteiger partial charge is 0.306 e. The van der Waals surface area contributed by atoms with E-state index in [1.165, 1.54) is 109 Å². The zero-order valence-electron chi connectivity index (χ0n) is 41.1. The van der Waals surface area contributed by atoms with E-state index in [1.54, 1.807) is 0 Å². The van der Waals surface area contributed by atoms with E-state index in [0.29, 0.717) is 19.3 Å². The Bertz CT molecular complexity index is 1240. The summed E-state index contributed by atoms with van der Waals surface area (Å²) in [7, 11) is 0. The number of allylic oxidation sites excluding steroid dienone is 14. The minimum absolute atomic E-state index is 0.103. The molecular formula is C57H96O6. The third-order valence-electron chi connectivity index (χ3n) is 10.9. The predicted octanol–water partition coefficient (Wildman–Crippen LogP) is 17.2. The number of carbonyl (C=O) groups excluding carboxylic acids is 3. The molecule has 0 saturated carbocycles. The molecule has 0 aliphatic heterocycles. The second kappa shape index (κ2) is 51.2. The number of carbonyl (C=O) groups is 3. The second-order valence-corrected chi connectivity index (χ2v) is 17.1. The molecule has 6 nitrogen and oxygen atoms in total. The molecule has 0 aliphatic carbocycles. The van der Waals surface area contributed by atoms with Crippen molar-refractivity contribution in [1.29, 1.82) is 0 Å². The van der Waals surface area contributed by atoms with E-state index >= 15 is 0 Å². The van der Waals surface area contributed by atoms with Crippen LogP contribution in [0.3, 0.4) is 0 Å². The van der Waals surface area contributed by atoms with Crippen LogP contribution in [0.25, 0.3) is 0 Å². The van der Waals surface area contributed by atoms with Crippen molar-refractivity contribution in [3.8, 4) is 0 Å². The molecule has 1 atom stereocenters. The van der Waals surface area contributed by atoms with Crippen molar-refractivity contribution in [3.63, 3.8) is 0 Å². The van der Waals surface area contributed by atoms with Crippen LogP contribution in [0.5, 0.6) is 0 Å². The standard InChI is InChI=1S/C57H96O6/c1-4-7-10-13-16-19-22-25-28-30-32-35-38-41-44-47-50-56(59)62-53-54(52-61-55(58)49-46-43-40-37-34-31-27-24-21-18-15-12-9-6-3)63-57(60)51-48-45-42-39-36-33-29-26-23-20-17-14-11-8-5-2/h7,10,16-17,19-20,23,25-26,28,32,35,41,44,54H,4-6,8-9,11-15,18,21-22,24,27,29-31,33-34,36-40,42-43,45-53H2,1-3H3/b10-7-,19-16-,20-17-,26-23-,28-25-,35-32-,44-41-. The molecular weight excluding hydrogens is 781 g/mol. The normalized spacial score (nSPS) is 12.7. The van der Waals surface area contributed by atoms with Crippen molar-refractivity contribution in [2.75, 3.05) is 13.2 Å². The van der Waals surface area contributed by atoms with E-state index < -0.39 is 6.10 Å². The summed E-state index contributed by atoms with van der Waals surface area (Å²) in [5, 5.41) is 0. The van der Waals surface area contributed by atoms with Gasteiger partial charge in [0.05, 0.1) is 0 Å². The van der Waals surface area contributed by atoms with Crippen LogP contribution in [-0.2, 0) is 28.6 Å². The van der Waals surface area contributed by atoms with Gasteiger partial charge in [-0.15, -0.1) is 0 Å². The van der Waals surface area contributed by atoms with Crippen molar-refractivity contribution < 1.29 is 28.6 Å². The number of hydrogen-bond donors (Lipinski definition) is 0. The quantitative estimate of drug-likeness (QED) is 0.0199. The van der Waals surface area contributed by atoms with Crippen molar-refractivity contribution >= 4 is 17.9 Å². The van der Waals surface area contributed by atoms with E-state index in [2.05, 4.69) is 99.8 Å². The molecule has 0 N–H and O–H groups in total. The Balaban J connectivity index is 4.51. The zero-order chi connectivity index (χ0) is 45.8. The summed E-state index contributed by atoms with van der Waals surface area (Å²) in [6, 6.07) is 0. The fourth-order valence-corrected chi connectivity index (χ4v) is 7.01. The summed E-state index contributed by atoms with van der Waals surface area (Å²) in [6.45, 7) is 6.42. The SMILES string of the molecule is CC/C=C\C/C=C\C/C=C\C/C=C\C/C=C\CCC(=O)OCC(COC(=O)CCCCCCCCCCCCCCCC)OC(=O)CCCCCCCC/C=C\C=C/CCCCC. The lowest BCUT2D eigenvalue weighted by Gasteiger charge is -2.18. The van der Waals surface area contributed by atoms with Crippen molar-refractivity contribution in [1.82, 2.24) is 0 Å². The first-order valence-electron chi connectivity index (χ1n) is 26.1. The summed E-state index contributed by atoms with van der Waals surface area (Å²) < 4.78 is 16.7. The van der Waals surface area contributed by atoms with Crippen LogP contribution in [0.1, 0.15) is 239 Å². The monoisotopic (exact) mass is 877 g/mol. The maximum atomic E-state index is 12.8. The van der Waals surface area contributed by atoms with E-state index in [4.69, 9.17) is 14.2 Å². The molecule has 0 radical (unpaired) electrons. The minimum Gasteiger partial charge on any atom is -0.462 e. The zero-order valence-corrected chi connectivity index (χ0v) is 41.1. The molecule has 0 aliphatic rings. The lowest BCUT2D eigenvalue weighted by atomic mass is 10.0. The summed E-state index contributed by atoms with van der Waals surface area (Å²) in [5.74, 6) is -1.00. The average Bonchev–Trinajstić information content (AvgIpc) is 3.28. The summed E-state index contributed by atoms with van der Waals surface area (Å²) >= 11 is 0. The Hall–Kier alpha value is -3.41. The van der Waals surface area contributed by atoms with E-state index in [9.17, 15) is 14.4 Å². The third-order valence-corrected chi connectivity index (χ3v) is 10.9. The molecule has 0 heterocycles. The van der Waals surface area contributed by atoms with Gasteiger partial charge in [0, 0.05) is 19.3 Å². The van der Waals surface area contributed by atoms with E-state index in [1.807, 2.05) is 6.08 Å². The molecule has 0 amide bonds. The summed E-state index contributed by atoms with van der Waals surface area (Å²) in [4.78, 5) is 38.0. The first-order chi connectivity index (χ1) is 31.0.